The predicted octanol–water partition coefficient (Wildman–Crippen LogP) is 3.87. The van der Waals surface area contributed by atoms with E-state index in [1.165, 1.54) is 5.39 Å². The molecule has 1 aromatic heterocycles. The number of fused-ring (bicyclic) bond motifs is 1. The van der Waals surface area contributed by atoms with E-state index < -0.39 is 0 Å². The van der Waals surface area contributed by atoms with Crippen LogP contribution in [0.15, 0.2) is 24.3 Å². The zero-order valence-electron chi connectivity index (χ0n) is 8.04. The van der Waals surface area contributed by atoms with Gasteiger partial charge in [-0.3, -0.25) is 0 Å². The maximum absolute atomic E-state index is 5.94. The summed E-state index contributed by atoms with van der Waals surface area (Å²) in [5.41, 5.74) is 2.20. The molecule has 72 valence electrons. The average molecular weight is 224 g/mol. The topological polar surface area (TPSA) is 4.93 Å². The number of aromatic nitrogens is 1. The van der Waals surface area contributed by atoms with E-state index in [1.54, 1.807) is 0 Å². The van der Waals surface area contributed by atoms with E-state index in [-0.39, 0.29) is 0 Å². The van der Waals surface area contributed by atoms with Gasteiger partial charge in [0.05, 0.1) is 5.52 Å². The Labute approximate surface area is 92.9 Å². The van der Waals surface area contributed by atoms with Gasteiger partial charge < -0.3 is 4.57 Å². The Bertz CT molecular complexity index is 557. The standard InChI is InChI=1S/C11H10ClNS/c1-7-5-8-3-4-9(12)6-10(8)13(2)11(7)14/h3-6H,1-2H3. The summed E-state index contributed by atoms with van der Waals surface area (Å²) in [6.07, 6.45) is 0. The van der Waals surface area contributed by atoms with Crippen LogP contribution < -0.4 is 0 Å². The highest BCUT2D eigenvalue weighted by molar-refractivity contribution is 7.71. The minimum Gasteiger partial charge on any atom is -0.335 e. The molecule has 0 bridgehead atoms. The van der Waals surface area contributed by atoms with Gasteiger partial charge in [-0.15, -0.1) is 0 Å². The van der Waals surface area contributed by atoms with E-state index in [2.05, 4.69) is 6.07 Å². The van der Waals surface area contributed by atoms with E-state index in [4.69, 9.17) is 23.8 Å². The van der Waals surface area contributed by atoms with Crippen molar-refractivity contribution in [1.29, 1.82) is 0 Å². The summed E-state index contributed by atoms with van der Waals surface area (Å²) in [5, 5.41) is 1.91. The summed E-state index contributed by atoms with van der Waals surface area (Å²) in [6.45, 7) is 2.02. The van der Waals surface area contributed by atoms with E-state index in [0.29, 0.717) is 0 Å². The molecule has 2 rings (SSSR count). The lowest BCUT2D eigenvalue weighted by molar-refractivity contribution is 0.924. The van der Waals surface area contributed by atoms with Crippen LogP contribution in [0, 0.1) is 11.6 Å². The summed E-state index contributed by atoms with van der Waals surface area (Å²) in [6, 6.07) is 7.94. The Hall–Kier alpha value is -0.860. The highest BCUT2D eigenvalue weighted by Gasteiger charge is 2.00. The Morgan fingerprint density at radius 3 is 2.71 bits per heavy atom. The van der Waals surface area contributed by atoms with E-state index in [0.717, 1.165) is 20.7 Å². The molecule has 0 saturated heterocycles. The molecule has 0 radical (unpaired) electrons. The second-order valence-electron chi connectivity index (χ2n) is 3.39. The number of aryl methyl sites for hydroxylation is 2. The molecule has 14 heavy (non-hydrogen) atoms. The smallest absolute Gasteiger partial charge is 0.109 e. The maximum Gasteiger partial charge on any atom is 0.109 e. The monoisotopic (exact) mass is 223 g/mol. The minimum atomic E-state index is 0.742. The Morgan fingerprint density at radius 1 is 1.29 bits per heavy atom. The number of pyridine rings is 1. The molecule has 0 aliphatic rings. The molecular weight excluding hydrogens is 214 g/mol. The van der Waals surface area contributed by atoms with Crippen LogP contribution in [-0.4, -0.2) is 4.57 Å². The van der Waals surface area contributed by atoms with E-state index in [1.807, 2.05) is 36.7 Å². The molecule has 3 heteroatoms. The molecule has 0 aliphatic carbocycles. The normalized spacial score (nSPS) is 10.8. The van der Waals surface area contributed by atoms with Crippen molar-refractivity contribution >= 4 is 34.7 Å². The van der Waals surface area contributed by atoms with Gasteiger partial charge in [0.1, 0.15) is 4.64 Å². The van der Waals surface area contributed by atoms with Crippen LogP contribution in [0.2, 0.25) is 5.02 Å². The fourth-order valence-electron chi connectivity index (χ4n) is 1.60. The number of rotatable bonds is 0. The van der Waals surface area contributed by atoms with Gasteiger partial charge in [0.15, 0.2) is 0 Å². The van der Waals surface area contributed by atoms with Crippen LogP contribution >= 0.6 is 23.8 Å². The lowest BCUT2D eigenvalue weighted by Crippen LogP contribution is -1.96. The fourth-order valence-corrected chi connectivity index (χ4v) is 1.92. The first-order chi connectivity index (χ1) is 6.59. The van der Waals surface area contributed by atoms with Crippen LogP contribution in [0.1, 0.15) is 5.56 Å². The summed E-state index contributed by atoms with van der Waals surface area (Å²) < 4.78 is 2.85. The molecule has 1 nitrogen and oxygen atoms in total. The van der Waals surface area contributed by atoms with Crippen LogP contribution in [-0.2, 0) is 7.05 Å². The first-order valence-corrected chi connectivity index (χ1v) is 5.14. The Morgan fingerprint density at radius 2 is 2.00 bits per heavy atom. The highest BCUT2D eigenvalue weighted by atomic mass is 35.5. The van der Waals surface area contributed by atoms with Gasteiger partial charge in [-0.1, -0.05) is 29.9 Å². The molecule has 0 spiro atoms. The van der Waals surface area contributed by atoms with Gasteiger partial charge in [0.25, 0.3) is 0 Å². The zero-order valence-corrected chi connectivity index (χ0v) is 9.62. The van der Waals surface area contributed by atoms with Crippen molar-refractivity contribution in [3.05, 3.63) is 39.5 Å². The number of hydrogen-bond donors (Lipinski definition) is 0. The first-order valence-electron chi connectivity index (χ1n) is 4.35. The molecule has 0 amide bonds. The first kappa shape index (κ1) is 9.69. The molecule has 0 atom stereocenters. The lowest BCUT2D eigenvalue weighted by atomic mass is 10.2. The molecular formula is C11H10ClNS. The van der Waals surface area contributed by atoms with Crippen LogP contribution in [0.5, 0.6) is 0 Å². The van der Waals surface area contributed by atoms with Gasteiger partial charge in [0, 0.05) is 12.1 Å². The minimum absolute atomic E-state index is 0.742. The summed E-state index contributed by atoms with van der Waals surface area (Å²) in [5.74, 6) is 0. The third-order valence-corrected chi connectivity index (χ3v) is 3.20. The third-order valence-electron chi connectivity index (χ3n) is 2.37. The second kappa shape index (κ2) is 3.37. The van der Waals surface area contributed by atoms with Crippen molar-refractivity contribution in [2.24, 2.45) is 7.05 Å². The van der Waals surface area contributed by atoms with Crippen molar-refractivity contribution in [3.63, 3.8) is 0 Å². The van der Waals surface area contributed by atoms with Gasteiger partial charge in [-0.25, -0.2) is 0 Å². The Kier molecular flexibility index (Phi) is 2.33. The van der Waals surface area contributed by atoms with Crippen molar-refractivity contribution in [2.75, 3.05) is 0 Å². The van der Waals surface area contributed by atoms with Crippen molar-refractivity contribution in [3.8, 4) is 0 Å². The predicted molar refractivity (Wildman–Crippen MR) is 63.5 cm³/mol. The van der Waals surface area contributed by atoms with Crippen LogP contribution in [0.4, 0.5) is 0 Å². The molecule has 1 heterocycles. The molecule has 0 saturated carbocycles. The number of benzene rings is 1. The largest absolute Gasteiger partial charge is 0.335 e. The molecule has 1 aromatic carbocycles. The molecule has 0 unspecified atom stereocenters. The number of nitrogens with zero attached hydrogens (tertiary/aromatic N) is 1. The van der Waals surface area contributed by atoms with Crippen LogP contribution in [0.3, 0.4) is 0 Å². The Balaban J connectivity index is 2.99. The van der Waals surface area contributed by atoms with E-state index >= 15 is 0 Å². The summed E-state index contributed by atoms with van der Waals surface area (Å²) in [4.78, 5) is 0. The zero-order chi connectivity index (χ0) is 10.3. The van der Waals surface area contributed by atoms with E-state index in [9.17, 15) is 0 Å². The van der Waals surface area contributed by atoms with Gasteiger partial charge in [-0.05, 0) is 36.1 Å². The molecule has 0 N–H and O–H groups in total. The second-order valence-corrected chi connectivity index (χ2v) is 4.22. The summed E-state index contributed by atoms with van der Waals surface area (Å²) >= 11 is 11.2. The number of hydrogen-bond acceptors (Lipinski definition) is 1. The highest BCUT2D eigenvalue weighted by Crippen LogP contribution is 2.20. The van der Waals surface area contributed by atoms with Gasteiger partial charge in [-0.2, -0.15) is 0 Å². The summed E-state index contributed by atoms with van der Waals surface area (Å²) in [7, 11) is 1.97. The molecule has 0 fully saturated rings. The van der Waals surface area contributed by atoms with Crippen molar-refractivity contribution < 1.29 is 0 Å². The molecule has 2 aromatic rings. The van der Waals surface area contributed by atoms with Crippen molar-refractivity contribution in [2.45, 2.75) is 6.92 Å². The third kappa shape index (κ3) is 1.45. The molecule has 0 aliphatic heterocycles. The SMILES string of the molecule is Cc1cc2ccc(Cl)cc2n(C)c1=S. The van der Waals surface area contributed by atoms with Crippen molar-refractivity contribution in [1.82, 2.24) is 4.57 Å². The van der Waals surface area contributed by atoms with Crippen LogP contribution in [0.25, 0.3) is 10.9 Å². The number of halogens is 1. The van der Waals surface area contributed by atoms with Gasteiger partial charge in [0.2, 0.25) is 0 Å². The maximum atomic E-state index is 5.94. The fraction of sp³-hybridized carbons (Fsp3) is 0.182. The quantitative estimate of drug-likeness (QED) is 0.614. The lowest BCUT2D eigenvalue weighted by Gasteiger charge is -2.08. The average Bonchev–Trinajstić information content (AvgIpc) is 2.16. The van der Waals surface area contributed by atoms with Gasteiger partial charge >= 0.3 is 0 Å².